The van der Waals surface area contributed by atoms with E-state index in [0.29, 0.717) is 18.0 Å². The summed E-state index contributed by atoms with van der Waals surface area (Å²) in [4.78, 5) is 14.0. The Labute approximate surface area is 129 Å². The van der Waals surface area contributed by atoms with Crippen LogP contribution in [0.4, 0.5) is 0 Å². The third-order valence-corrected chi connectivity index (χ3v) is 4.45. The average molecular weight is 307 g/mol. The van der Waals surface area contributed by atoms with Gasteiger partial charge < -0.3 is 9.84 Å². The highest BCUT2D eigenvalue weighted by Gasteiger charge is 2.18. The molecule has 114 valence electrons. The molecule has 0 unspecified atom stereocenters. The van der Waals surface area contributed by atoms with Gasteiger partial charge in [0.1, 0.15) is 4.88 Å². The zero-order chi connectivity index (χ0) is 15.4. The minimum atomic E-state index is -0.849. The number of carboxylic acids is 1. The molecule has 21 heavy (non-hydrogen) atoms. The van der Waals surface area contributed by atoms with Crippen LogP contribution in [0.15, 0.2) is 24.3 Å². The van der Waals surface area contributed by atoms with Crippen molar-refractivity contribution in [2.45, 2.75) is 26.5 Å². The Morgan fingerprint density at radius 3 is 2.76 bits per heavy atom. The third kappa shape index (κ3) is 4.03. The minimum Gasteiger partial charge on any atom is -0.477 e. The van der Waals surface area contributed by atoms with E-state index in [-0.39, 0.29) is 6.10 Å². The lowest BCUT2D eigenvalue weighted by Crippen LogP contribution is -2.24. The van der Waals surface area contributed by atoms with Crippen LogP contribution in [0.3, 0.4) is 0 Å². The molecule has 0 fully saturated rings. The number of likely N-dealkylation sites (N-methyl/N-ethyl adjacent to an activating group) is 1. The van der Waals surface area contributed by atoms with Gasteiger partial charge in [0.15, 0.2) is 0 Å². The van der Waals surface area contributed by atoms with Gasteiger partial charge in [-0.05, 0) is 37.9 Å². The lowest BCUT2D eigenvalue weighted by atomic mass is 10.1. The number of fused-ring (bicyclic) bond motifs is 1. The summed E-state index contributed by atoms with van der Waals surface area (Å²) >= 11 is 1.35. The van der Waals surface area contributed by atoms with E-state index in [9.17, 15) is 9.90 Å². The Morgan fingerprint density at radius 1 is 1.38 bits per heavy atom. The van der Waals surface area contributed by atoms with Crippen molar-refractivity contribution in [1.82, 2.24) is 4.90 Å². The van der Waals surface area contributed by atoms with Crippen LogP contribution in [-0.2, 0) is 11.3 Å². The molecule has 0 atom stereocenters. The van der Waals surface area contributed by atoms with Crippen LogP contribution in [0.2, 0.25) is 0 Å². The van der Waals surface area contributed by atoms with E-state index in [0.717, 1.165) is 22.2 Å². The van der Waals surface area contributed by atoms with Crippen LogP contribution in [0.5, 0.6) is 0 Å². The van der Waals surface area contributed by atoms with E-state index in [4.69, 9.17) is 4.74 Å². The molecule has 1 aromatic carbocycles. The Morgan fingerprint density at radius 2 is 2.10 bits per heavy atom. The molecule has 0 aliphatic carbocycles. The van der Waals surface area contributed by atoms with Crippen LogP contribution in [0, 0.1) is 0 Å². The number of carbonyl (C=O) groups is 1. The van der Waals surface area contributed by atoms with Gasteiger partial charge in [0, 0.05) is 17.8 Å². The van der Waals surface area contributed by atoms with Crippen molar-refractivity contribution >= 4 is 27.4 Å². The van der Waals surface area contributed by atoms with Crippen molar-refractivity contribution in [3.63, 3.8) is 0 Å². The Balaban J connectivity index is 2.16. The molecule has 1 heterocycles. The zero-order valence-electron chi connectivity index (χ0n) is 12.6. The SMILES string of the molecule is CC(C)OCCN(C)Cc1c(C(=O)O)sc2ccccc12. The lowest BCUT2D eigenvalue weighted by molar-refractivity contribution is 0.0625. The summed E-state index contributed by atoms with van der Waals surface area (Å²) in [6, 6.07) is 7.85. The third-order valence-electron chi connectivity index (χ3n) is 3.24. The Hall–Kier alpha value is -1.43. The number of hydrogen-bond acceptors (Lipinski definition) is 4. The zero-order valence-corrected chi connectivity index (χ0v) is 13.4. The van der Waals surface area contributed by atoms with Crippen molar-refractivity contribution in [2.24, 2.45) is 0 Å². The van der Waals surface area contributed by atoms with Gasteiger partial charge in [0.2, 0.25) is 0 Å². The van der Waals surface area contributed by atoms with Crippen LogP contribution < -0.4 is 0 Å². The molecular formula is C16H21NO3S. The van der Waals surface area contributed by atoms with E-state index in [1.165, 1.54) is 11.3 Å². The van der Waals surface area contributed by atoms with Crippen LogP contribution in [0.25, 0.3) is 10.1 Å². The molecule has 0 bridgehead atoms. The number of ether oxygens (including phenoxy) is 1. The van der Waals surface area contributed by atoms with Crippen molar-refractivity contribution in [3.05, 3.63) is 34.7 Å². The van der Waals surface area contributed by atoms with Crippen molar-refractivity contribution < 1.29 is 14.6 Å². The van der Waals surface area contributed by atoms with Crippen LogP contribution in [-0.4, -0.2) is 42.3 Å². The molecule has 2 rings (SSSR count). The summed E-state index contributed by atoms with van der Waals surface area (Å²) in [5.74, 6) is -0.849. The normalized spacial score (nSPS) is 11.7. The van der Waals surface area contributed by atoms with Gasteiger partial charge in [0.05, 0.1) is 12.7 Å². The Kier molecular flexibility index (Phi) is 5.33. The van der Waals surface area contributed by atoms with Crippen LogP contribution >= 0.6 is 11.3 Å². The molecule has 1 aromatic heterocycles. The predicted octanol–water partition coefficient (Wildman–Crippen LogP) is 3.46. The first-order valence-electron chi connectivity index (χ1n) is 7.03. The largest absolute Gasteiger partial charge is 0.477 e. The van der Waals surface area contributed by atoms with E-state index in [1.807, 2.05) is 45.2 Å². The van der Waals surface area contributed by atoms with Crippen molar-refractivity contribution in [1.29, 1.82) is 0 Å². The average Bonchev–Trinajstić information content (AvgIpc) is 2.77. The molecule has 2 aromatic rings. The second-order valence-corrected chi connectivity index (χ2v) is 6.42. The molecule has 0 amide bonds. The van der Waals surface area contributed by atoms with Gasteiger partial charge in [-0.25, -0.2) is 4.79 Å². The molecule has 4 nitrogen and oxygen atoms in total. The topological polar surface area (TPSA) is 49.8 Å². The summed E-state index contributed by atoms with van der Waals surface area (Å²) in [6.07, 6.45) is 0.218. The number of rotatable bonds is 7. The maximum atomic E-state index is 11.4. The van der Waals surface area contributed by atoms with Gasteiger partial charge in [-0.15, -0.1) is 11.3 Å². The lowest BCUT2D eigenvalue weighted by Gasteiger charge is -2.18. The first-order valence-corrected chi connectivity index (χ1v) is 7.84. The maximum absolute atomic E-state index is 11.4. The summed E-state index contributed by atoms with van der Waals surface area (Å²) in [6.45, 7) is 6.07. The van der Waals surface area contributed by atoms with Gasteiger partial charge in [-0.1, -0.05) is 18.2 Å². The molecule has 1 N–H and O–H groups in total. The molecule has 0 radical (unpaired) electrons. The summed E-state index contributed by atoms with van der Waals surface area (Å²) in [5.41, 5.74) is 0.898. The van der Waals surface area contributed by atoms with E-state index in [1.54, 1.807) is 0 Å². The molecule has 0 saturated heterocycles. The standard InChI is InChI=1S/C16H21NO3S/c1-11(2)20-9-8-17(3)10-13-12-6-4-5-7-14(12)21-15(13)16(18)19/h4-7,11H,8-10H2,1-3H3,(H,18,19). The monoisotopic (exact) mass is 307 g/mol. The molecular weight excluding hydrogens is 286 g/mol. The number of carboxylic acid groups (broad SMARTS) is 1. The van der Waals surface area contributed by atoms with Gasteiger partial charge >= 0.3 is 5.97 Å². The van der Waals surface area contributed by atoms with Gasteiger partial charge in [-0.3, -0.25) is 4.90 Å². The van der Waals surface area contributed by atoms with E-state index < -0.39 is 5.97 Å². The fourth-order valence-electron chi connectivity index (χ4n) is 2.22. The van der Waals surface area contributed by atoms with Crippen molar-refractivity contribution in [3.8, 4) is 0 Å². The number of aromatic carboxylic acids is 1. The molecule has 0 saturated carbocycles. The Bertz CT molecular complexity index is 621. The number of hydrogen-bond donors (Lipinski definition) is 1. The highest BCUT2D eigenvalue weighted by atomic mass is 32.1. The van der Waals surface area contributed by atoms with Gasteiger partial charge in [0.25, 0.3) is 0 Å². The smallest absolute Gasteiger partial charge is 0.346 e. The van der Waals surface area contributed by atoms with E-state index in [2.05, 4.69) is 4.90 Å². The molecule has 5 heteroatoms. The number of benzene rings is 1. The first kappa shape index (κ1) is 15.9. The molecule has 0 spiro atoms. The summed E-state index contributed by atoms with van der Waals surface area (Å²) in [5, 5.41) is 10.4. The molecule has 0 aliphatic heterocycles. The van der Waals surface area contributed by atoms with Gasteiger partial charge in [-0.2, -0.15) is 0 Å². The summed E-state index contributed by atoms with van der Waals surface area (Å²) in [7, 11) is 1.99. The quantitative estimate of drug-likeness (QED) is 0.851. The second kappa shape index (κ2) is 7.02. The first-order chi connectivity index (χ1) is 9.99. The fourth-order valence-corrected chi connectivity index (χ4v) is 3.27. The predicted molar refractivity (Wildman–Crippen MR) is 86.2 cm³/mol. The minimum absolute atomic E-state index is 0.218. The highest BCUT2D eigenvalue weighted by Crippen LogP contribution is 2.32. The fraction of sp³-hybridized carbons (Fsp3) is 0.438. The number of nitrogens with zero attached hydrogens (tertiary/aromatic N) is 1. The molecule has 0 aliphatic rings. The maximum Gasteiger partial charge on any atom is 0.346 e. The highest BCUT2D eigenvalue weighted by molar-refractivity contribution is 7.21. The second-order valence-electron chi connectivity index (χ2n) is 5.37. The van der Waals surface area contributed by atoms with Crippen LogP contribution in [0.1, 0.15) is 29.1 Å². The number of thiophene rings is 1. The van der Waals surface area contributed by atoms with Crippen molar-refractivity contribution in [2.75, 3.05) is 20.2 Å². The summed E-state index contributed by atoms with van der Waals surface area (Å²) < 4.78 is 6.57. The van der Waals surface area contributed by atoms with E-state index >= 15 is 0 Å².